The van der Waals surface area contributed by atoms with Crippen LogP contribution in [-0.2, 0) is 4.79 Å². The standard InChI is InChI=1S/C22H30FN5O3S/c1-4-27(12-7-11-26(2)3)22(30)31-18-15-17(23)9-8-16(18)14-19-20(29)25-21(32-19)28-13-6-5-10-24-28/h8-9,14-15,24H,4-7,10-13H2,1-3H3/b19-14-. The molecule has 1 N–H and O–H groups in total. The Labute approximate surface area is 192 Å². The molecule has 3 rings (SSSR count). The number of halogens is 1. The summed E-state index contributed by atoms with van der Waals surface area (Å²) in [6.07, 6.45) is 3.96. The minimum Gasteiger partial charge on any atom is -0.409 e. The van der Waals surface area contributed by atoms with Crippen LogP contribution in [0.4, 0.5) is 9.18 Å². The maximum atomic E-state index is 13.9. The zero-order chi connectivity index (χ0) is 23.1. The van der Waals surface area contributed by atoms with Crippen LogP contribution in [0.5, 0.6) is 5.75 Å². The van der Waals surface area contributed by atoms with E-state index in [0.29, 0.717) is 28.7 Å². The maximum Gasteiger partial charge on any atom is 0.415 e. The highest BCUT2D eigenvalue weighted by atomic mass is 32.2. The lowest BCUT2D eigenvalue weighted by atomic mass is 10.2. The van der Waals surface area contributed by atoms with Crippen LogP contribution in [0, 0.1) is 5.82 Å². The molecule has 2 aliphatic rings. The Kier molecular flexibility index (Phi) is 8.66. The molecule has 0 unspecified atom stereocenters. The first-order chi connectivity index (χ1) is 15.4. The monoisotopic (exact) mass is 463 g/mol. The first-order valence-corrected chi connectivity index (χ1v) is 11.6. The Morgan fingerprint density at radius 1 is 1.34 bits per heavy atom. The van der Waals surface area contributed by atoms with Crippen molar-refractivity contribution < 1.29 is 18.7 Å². The average molecular weight is 464 g/mol. The Bertz CT molecular complexity index is 900. The summed E-state index contributed by atoms with van der Waals surface area (Å²) in [7, 11) is 3.94. The van der Waals surface area contributed by atoms with E-state index in [-0.39, 0.29) is 11.7 Å². The van der Waals surface area contributed by atoms with Gasteiger partial charge in [0.25, 0.3) is 5.91 Å². The molecule has 10 heteroatoms. The average Bonchev–Trinajstić information content (AvgIpc) is 3.13. The van der Waals surface area contributed by atoms with Gasteiger partial charge in [0.05, 0.1) is 4.91 Å². The molecule has 2 amide bonds. The summed E-state index contributed by atoms with van der Waals surface area (Å²) in [6, 6.07) is 3.94. The zero-order valence-electron chi connectivity index (χ0n) is 18.8. The number of ether oxygens (including phenoxy) is 1. The lowest BCUT2D eigenvalue weighted by Crippen LogP contribution is -2.45. The van der Waals surface area contributed by atoms with Crippen molar-refractivity contribution in [3.63, 3.8) is 0 Å². The third-order valence-corrected chi connectivity index (χ3v) is 6.09. The predicted octanol–water partition coefficient (Wildman–Crippen LogP) is 3.17. The molecule has 0 saturated carbocycles. The molecule has 1 aromatic rings. The van der Waals surface area contributed by atoms with E-state index in [9.17, 15) is 14.0 Å². The summed E-state index contributed by atoms with van der Waals surface area (Å²) in [6.45, 7) is 5.35. The number of nitrogens with zero attached hydrogens (tertiary/aromatic N) is 4. The lowest BCUT2D eigenvalue weighted by molar-refractivity contribution is -0.113. The van der Waals surface area contributed by atoms with Gasteiger partial charge in [-0.1, -0.05) is 0 Å². The number of benzene rings is 1. The topological polar surface area (TPSA) is 77.5 Å². The second-order valence-electron chi connectivity index (χ2n) is 7.86. The molecule has 0 aliphatic carbocycles. The van der Waals surface area contributed by atoms with Crippen LogP contribution >= 0.6 is 11.8 Å². The van der Waals surface area contributed by atoms with Crippen molar-refractivity contribution in [2.45, 2.75) is 26.2 Å². The summed E-state index contributed by atoms with van der Waals surface area (Å²) in [5, 5.41) is 2.48. The first-order valence-electron chi connectivity index (χ1n) is 10.8. The fraction of sp³-hybridized carbons (Fsp3) is 0.500. The molecule has 8 nitrogen and oxygen atoms in total. The van der Waals surface area contributed by atoms with E-state index < -0.39 is 11.9 Å². The number of hydrazine groups is 1. The lowest BCUT2D eigenvalue weighted by Gasteiger charge is -2.28. The van der Waals surface area contributed by atoms with E-state index in [0.717, 1.165) is 45.0 Å². The van der Waals surface area contributed by atoms with Crippen LogP contribution in [-0.4, -0.2) is 78.8 Å². The van der Waals surface area contributed by atoms with E-state index in [1.54, 1.807) is 11.0 Å². The number of amides is 2. The van der Waals surface area contributed by atoms with Crippen molar-refractivity contribution >= 4 is 35.0 Å². The van der Waals surface area contributed by atoms with E-state index in [2.05, 4.69) is 10.4 Å². The van der Waals surface area contributed by atoms with Crippen LogP contribution in [0.3, 0.4) is 0 Å². The van der Waals surface area contributed by atoms with Crippen molar-refractivity contribution in [2.75, 3.05) is 46.8 Å². The SMILES string of the molecule is CCN(CCCN(C)C)C(=O)Oc1cc(F)ccc1/C=C1\SC(N2CCCCN2)=NC1=O. The van der Waals surface area contributed by atoms with Crippen LogP contribution in [0.15, 0.2) is 28.1 Å². The summed E-state index contributed by atoms with van der Waals surface area (Å²) < 4.78 is 19.5. The van der Waals surface area contributed by atoms with Gasteiger partial charge in [0.1, 0.15) is 11.6 Å². The molecule has 0 aromatic heterocycles. The summed E-state index contributed by atoms with van der Waals surface area (Å²) in [4.78, 5) is 33.3. The normalized spacial score (nSPS) is 17.8. The fourth-order valence-corrected chi connectivity index (χ4v) is 4.25. The number of carbonyl (C=O) groups is 2. The molecule has 0 spiro atoms. The van der Waals surface area contributed by atoms with E-state index in [1.165, 1.54) is 23.9 Å². The minimum atomic E-state index is -0.545. The van der Waals surface area contributed by atoms with Gasteiger partial charge in [-0.05, 0) is 76.8 Å². The molecule has 174 valence electrons. The van der Waals surface area contributed by atoms with Crippen LogP contribution in [0.1, 0.15) is 31.7 Å². The molecule has 0 bridgehead atoms. The highest BCUT2D eigenvalue weighted by Crippen LogP contribution is 2.33. The molecule has 2 heterocycles. The molecule has 2 aliphatic heterocycles. The summed E-state index contributed by atoms with van der Waals surface area (Å²) in [5.74, 6) is -0.810. The van der Waals surface area contributed by atoms with Crippen molar-refractivity contribution in [1.82, 2.24) is 20.2 Å². The van der Waals surface area contributed by atoms with E-state index in [1.807, 2.05) is 30.9 Å². The van der Waals surface area contributed by atoms with Gasteiger partial charge in [-0.25, -0.2) is 14.6 Å². The molecule has 1 aromatic carbocycles. The highest BCUT2D eigenvalue weighted by Gasteiger charge is 2.27. The number of nitrogens with one attached hydrogen (secondary N) is 1. The van der Waals surface area contributed by atoms with Crippen LogP contribution in [0.25, 0.3) is 6.08 Å². The largest absolute Gasteiger partial charge is 0.415 e. The van der Waals surface area contributed by atoms with Gasteiger partial charge in [-0.3, -0.25) is 9.80 Å². The van der Waals surface area contributed by atoms with Gasteiger partial charge in [-0.15, -0.1) is 0 Å². The number of carbonyl (C=O) groups excluding carboxylic acids is 2. The Morgan fingerprint density at radius 2 is 2.16 bits per heavy atom. The van der Waals surface area contributed by atoms with Crippen molar-refractivity contribution in [3.05, 3.63) is 34.5 Å². The number of hydrogen-bond acceptors (Lipinski definition) is 7. The van der Waals surface area contributed by atoms with Gasteiger partial charge in [-0.2, -0.15) is 4.99 Å². The third kappa shape index (κ3) is 6.54. The molecule has 32 heavy (non-hydrogen) atoms. The third-order valence-electron chi connectivity index (χ3n) is 5.08. The van der Waals surface area contributed by atoms with Gasteiger partial charge >= 0.3 is 6.09 Å². The molecule has 0 radical (unpaired) electrons. The van der Waals surface area contributed by atoms with E-state index in [4.69, 9.17) is 4.74 Å². The quantitative estimate of drug-likeness (QED) is 0.623. The Hall–Kier alpha value is -2.43. The van der Waals surface area contributed by atoms with Gasteiger partial charge in [0.15, 0.2) is 5.17 Å². The number of hydrogen-bond donors (Lipinski definition) is 1. The van der Waals surface area contributed by atoms with Crippen molar-refractivity contribution in [2.24, 2.45) is 4.99 Å². The number of aliphatic imine (C=N–C) groups is 1. The smallest absolute Gasteiger partial charge is 0.409 e. The van der Waals surface area contributed by atoms with Gasteiger partial charge in [0.2, 0.25) is 0 Å². The summed E-state index contributed by atoms with van der Waals surface area (Å²) >= 11 is 1.25. The van der Waals surface area contributed by atoms with Gasteiger partial charge in [0, 0.05) is 37.8 Å². The van der Waals surface area contributed by atoms with Crippen molar-refractivity contribution in [1.29, 1.82) is 0 Å². The Morgan fingerprint density at radius 3 is 2.84 bits per heavy atom. The first kappa shape index (κ1) is 24.2. The molecule has 1 fully saturated rings. The second kappa shape index (κ2) is 11.4. The maximum absolute atomic E-state index is 13.9. The molecular formula is C22H30FN5O3S. The fourth-order valence-electron chi connectivity index (χ4n) is 3.34. The zero-order valence-corrected chi connectivity index (χ0v) is 19.6. The second-order valence-corrected chi connectivity index (χ2v) is 8.87. The van der Waals surface area contributed by atoms with E-state index >= 15 is 0 Å². The molecule has 0 atom stereocenters. The highest BCUT2D eigenvalue weighted by molar-refractivity contribution is 8.18. The molecular weight excluding hydrogens is 433 g/mol. The van der Waals surface area contributed by atoms with Crippen molar-refractivity contribution in [3.8, 4) is 5.75 Å². The number of thioether (sulfide) groups is 1. The minimum absolute atomic E-state index is 0.0755. The number of rotatable bonds is 7. The summed E-state index contributed by atoms with van der Waals surface area (Å²) in [5.41, 5.74) is 3.68. The number of amidine groups is 1. The molecule has 1 saturated heterocycles. The van der Waals surface area contributed by atoms with Crippen LogP contribution < -0.4 is 10.2 Å². The van der Waals surface area contributed by atoms with Crippen LogP contribution in [0.2, 0.25) is 0 Å². The Balaban J connectivity index is 1.72. The van der Waals surface area contributed by atoms with Gasteiger partial charge < -0.3 is 14.5 Å². The predicted molar refractivity (Wildman–Crippen MR) is 125 cm³/mol.